The second-order valence-corrected chi connectivity index (χ2v) is 13.6. The topological polar surface area (TPSA) is 84.0 Å². The van der Waals surface area contributed by atoms with Crippen molar-refractivity contribution < 1.29 is 28.3 Å². The van der Waals surface area contributed by atoms with Gasteiger partial charge in [0.05, 0.1) is 33.5 Å². The van der Waals surface area contributed by atoms with Gasteiger partial charge < -0.3 is 9.64 Å². The Balaban J connectivity index is 1.21. The van der Waals surface area contributed by atoms with E-state index in [9.17, 15) is 23.6 Å². The highest BCUT2D eigenvalue weighted by Gasteiger charge is 2.87. The van der Waals surface area contributed by atoms with Crippen molar-refractivity contribution in [2.45, 2.75) is 27.4 Å². The zero-order valence-corrected chi connectivity index (χ0v) is 25.3. The number of carbonyl (C=O) groups excluding carboxylic acids is 4. The molecule has 1 saturated carbocycles. The second kappa shape index (κ2) is 9.46. The number of esters is 1. The lowest BCUT2D eigenvalue weighted by atomic mass is 9.84. The summed E-state index contributed by atoms with van der Waals surface area (Å²) >= 11 is 39.3. The quantitative estimate of drug-likeness (QED) is 0.170. The minimum Gasteiger partial charge on any atom is -0.426 e. The van der Waals surface area contributed by atoms with Gasteiger partial charge in [0.25, 0.3) is 0 Å². The van der Waals surface area contributed by atoms with E-state index in [0.29, 0.717) is 11.3 Å². The first-order valence-corrected chi connectivity index (χ1v) is 14.5. The summed E-state index contributed by atoms with van der Waals surface area (Å²) in [6.45, 7) is 1.69. The molecule has 0 spiro atoms. The summed E-state index contributed by atoms with van der Waals surface area (Å²) in [5, 5.41) is -0.375. The number of halogens is 7. The minimum absolute atomic E-state index is 0.0715. The Morgan fingerprint density at radius 1 is 0.927 bits per heavy atom. The molecule has 2 aliphatic carbocycles. The lowest BCUT2D eigenvalue weighted by molar-refractivity contribution is -0.139. The number of alkyl halides is 4. The molecule has 2 saturated heterocycles. The van der Waals surface area contributed by atoms with Gasteiger partial charge in [-0.2, -0.15) is 0 Å². The van der Waals surface area contributed by atoms with E-state index in [1.54, 1.807) is 6.92 Å². The van der Waals surface area contributed by atoms with E-state index in [1.165, 1.54) is 47.4 Å². The van der Waals surface area contributed by atoms with Gasteiger partial charge in [-0.25, -0.2) is 9.29 Å². The van der Waals surface area contributed by atoms with Crippen molar-refractivity contribution in [3.05, 3.63) is 63.9 Å². The van der Waals surface area contributed by atoms with Crippen molar-refractivity contribution in [2.24, 2.45) is 17.8 Å². The van der Waals surface area contributed by atoms with Gasteiger partial charge in [0.2, 0.25) is 17.7 Å². The van der Waals surface area contributed by atoms with Crippen LogP contribution in [0.25, 0.3) is 0 Å². The SMILES string of the molecule is Cc1cc(OC(=O)[C@@H]2CC(=O)N(c3ccc(F)cc3)C2)ccc1N1C(=O)[C@H]2[C@H](C1=O)[C@@]1(Cl)C(Cl)=C(Cl)[C@@]2(Cl)C1(Cl)Cl. The highest BCUT2D eigenvalue weighted by molar-refractivity contribution is 6.67. The van der Waals surface area contributed by atoms with Crippen molar-refractivity contribution in [3.8, 4) is 5.75 Å². The molecular formula is C27H17Cl6FN2O5. The van der Waals surface area contributed by atoms with E-state index in [4.69, 9.17) is 74.3 Å². The molecule has 3 amide bonds. The van der Waals surface area contributed by atoms with Crippen LogP contribution >= 0.6 is 69.6 Å². The standard InChI is InChI=1S/C27H17Cl6FN2O5/c1-11-8-15(41-24(40)12-9-17(37)35(10-12)14-4-2-13(34)3-5-14)6-7-16(11)36-22(38)18-19(23(36)39)26(31)21(29)20(28)25(18,30)27(26,32)33/h2-8,12,18-19H,9-10H2,1H3/t12-,18-,19-,25-,26-/m1/s1. The van der Waals surface area contributed by atoms with Gasteiger partial charge in [-0.05, 0) is 55.0 Å². The van der Waals surface area contributed by atoms with E-state index >= 15 is 0 Å². The molecule has 2 aliphatic heterocycles. The fourth-order valence-corrected chi connectivity index (χ4v) is 9.04. The number of ether oxygens (including phenoxy) is 1. The minimum atomic E-state index is -2.04. The summed E-state index contributed by atoms with van der Waals surface area (Å²) in [7, 11) is 0. The number of benzene rings is 2. The molecule has 2 aromatic rings. The van der Waals surface area contributed by atoms with Crippen molar-refractivity contribution in [1.29, 1.82) is 0 Å². The number of anilines is 2. The Labute approximate surface area is 263 Å². The second-order valence-electron chi connectivity index (χ2n) is 10.3. The summed E-state index contributed by atoms with van der Waals surface area (Å²) in [6, 6.07) is 9.70. The van der Waals surface area contributed by atoms with Crippen LogP contribution in [0.5, 0.6) is 5.75 Å². The number of amides is 3. The van der Waals surface area contributed by atoms with Crippen LogP contribution in [-0.4, -0.2) is 44.3 Å². The zero-order valence-electron chi connectivity index (χ0n) is 20.8. The normalized spacial score (nSPS) is 31.9. The van der Waals surface area contributed by atoms with Gasteiger partial charge in [-0.15, -0.1) is 23.2 Å². The number of aryl methyl sites for hydroxylation is 1. The Kier molecular flexibility index (Phi) is 6.70. The molecule has 3 fully saturated rings. The van der Waals surface area contributed by atoms with Crippen LogP contribution in [0, 0.1) is 30.5 Å². The molecule has 2 heterocycles. The van der Waals surface area contributed by atoms with Crippen LogP contribution < -0.4 is 14.5 Å². The molecule has 2 aromatic carbocycles. The Morgan fingerprint density at radius 3 is 2.02 bits per heavy atom. The molecule has 0 unspecified atom stereocenters. The van der Waals surface area contributed by atoms with Crippen molar-refractivity contribution in [3.63, 3.8) is 0 Å². The van der Waals surface area contributed by atoms with E-state index in [0.717, 1.165) is 4.90 Å². The fraction of sp³-hybridized carbons (Fsp3) is 0.333. The molecule has 4 aliphatic rings. The molecule has 7 nitrogen and oxygen atoms in total. The zero-order chi connectivity index (χ0) is 29.8. The first-order valence-electron chi connectivity index (χ1n) is 12.2. The summed E-state index contributed by atoms with van der Waals surface area (Å²) in [5.74, 6) is -5.96. The van der Waals surface area contributed by atoms with Crippen LogP contribution in [-0.2, 0) is 19.2 Å². The third kappa shape index (κ3) is 3.71. The summed E-state index contributed by atoms with van der Waals surface area (Å²) in [4.78, 5) is 51.1. The Hall–Kier alpha value is -2.07. The Morgan fingerprint density at radius 2 is 1.49 bits per heavy atom. The number of allylic oxidation sites excluding steroid dienone is 2. The lowest BCUT2D eigenvalue weighted by Crippen LogP contribution is -2.50. The van der Waals surface area contributed by atoms with Gasteiger partial charge in [0.1, 0.15) is 21.3 Å². The summed E-state index contributed by atoms with van der Waals surface area (Å²) in [6.07, 6.45) is -0.0744. The fourth-order valence-electron chi connectivity index (χ4n) is 6.11. The highest BCUT2D eigenvalue weighted by Crippen LogP contribution is 2.77. The van der Waals surface area contributed by atoms with E-state index in [2.05, 4.69) is 0 Å². The number of nitrogens with zero attached hydrogens (tertiary/aromatic N) is 2. The number of imide groups is 1. The third-order valence-corrected chi connectivity index (χ3v) is 12.4. The van der Waals surface area contributed by atoms with E-state index in [-0.39, 0.29) is 40.4 Å². The third-order valence-electron chi connectivity index (χ3n) is 8.13. The number of rotatable bonds is 4. The molecule has 5 atom stereocenters. The molecule has 2 bridgehead atoms. The number of carbonyl (C=O) groups is 4. The molecule has 0 N–H and O–H groups in total. The first-order chi connectivity index (χ1) is 19.2. The maximum absolute atomic E-state index is 13.6. The van der Waals surface area contributed by atoms with Crippen LogP contribution in [0.1, 0.15) is 12.0 Å². The molecule has 0 aromatic heterocycles. The molecule has 14 heteroatoms. The Bertz CT molecular complexity index is 1550. The molecule has 6 rings (SSSR count). The van der Waals surface area contributed by atoms with Gasteiger partial charge in [0.15, 0.2) is 4.33 Å². The van der Waals surface area contributed by atoms with Crippen molar-refractivity contribution >= 4 is 105 Å². The predicted molar refractivity (Wildman–Crippen MR) is 153 cm³/mol. The van der Waals surface area contributed by atoms with Crippen molar-refractivity contribution in [2.75, 3.05) is 16.3 Å². The van der Waals surface area contributed by atoms with Crippen LogP contribution in [0.15, 0.2) is 52.5 Å². The highest BCUT2D eigenvalue weighted by atomic mass is 35.5. The maximum atomic E-state index is 13.6. The lowest BCUT2D eigenvalue weighted by Gasteiger charge is -2.34. The van der Waals surface area contributed by atoms with E-state index in [1.807, 2.05) is 0 Å². The van der Waals surface area contributed by atoms with Gasteiger partial charge in [-0.3, -0.25) is 19.2 Å². The number of hydrogen-bond acceptors (Lipinski definition) is 5. The predicted octanol–water partition coefficient (Wildman–Crippen LogP) is 6.04. The maximum Gasteiger partial charge on any atom is 0.316 e. The monoisotopic (exact) mass is 678 g/mol. The average Bonchev–Trinajstić information content (AvgIpc) is 3.50. The first kappa shape index (κ1) is 29.0. The largest absolute Gasteiger partial charge is 0.426 e. The van der Waals surface area contributed by atoms with Gasteiger partial charge in [-0.1, -0.05) is 46.4 Å². The molecule has 41 heavy (non-hydrogen) atoms. The summed E-state index contributed by atoms with van der Waals surface area (Å²) < 4.78 is 16.7. The van der Waals surface area contributed by atoms with E-state index < -0.39 is 55.4 Å². The van der Waals surface area contributed by atoms with Gasteiger partial charge >= 0.3 is 5.97 Å². The molecule has 0 radical (unpaired) electrons. The molecule has 214 valence electrons. The number of fused-ring (bicyclic) bond motifs is 5. The van der Waals surface area contributed by atoms with Crippen LogP contribution in [0.4, 0.5) is 15.8 Å². The molecular weight excluding hydrogens is 664 g/mol. The van der Waals surface area contributed by atoms with Crippen LogP contribution in [0.3, 0.4) is 0 Å². The number of hydrogen-bond donors (Lipinski definition) is 0. The van der Waals surface area contributed by atoms with Gasteiger partial charge in [0, 0.05) is 18.7 Å². The van der Waals surface area contributed by atoms with Crippen LogP contribution in [0.2, 0.25) is 0 Å². The van der Waals surface area contributed by atoms with Crippen molar-refractivity contribution in [1.82, 2.24) is 0 Å². The average molecular weight is 681 g/mol. The smallest absolute Gasteiger partial charge is 0.316 e. The summed E-state index contributed by atoms with van der Waals surface area (Å²) in [5.41, 5.74) is 1.09.